The lowest BCUT2D eigenvalue weighted by Gasteiger charge is -2.25. The molecule has 1 aliphatic heterocycles. The molecule has 124 valence electrons. The van der Waals surface area contributed by atoms with Crippen LogP contribution in [0.1, 0.15) is 28.8 Å². The first-order chi connectivity index (χ1) is 11.1. The zero-order valence-corrected chi connectivity index (χ0v) is 14.5. The van der Waals surface area contributed by atoms with Crippen LogP contribution in [-0.2, 0) is 16.1 Å². The molecule has 1 aliphatic rings. The van der Waals surface area contributed by atoms with Gasteiger partial charge in [-0.1, -0.05) is 22.0 Å². The summed E-state index contributed by atoms with van der Waals surface area (Å²) in [6.45, 7) is 0.804. The van der Waals surface area contributed by atoms with E-state index in [9.17, 15) is 14.4 Å². The number of fused-ring (bicyclic) bond motifs is 1. The fourth-order valence-corrected chi connectivity index (χ4v) is 2.84. The van der Waals surface area contributed by atoms with Crippen LogP contribution in [0.3, 0.4) is 0 Å². The SMILES string of the molecule is CNC(=O)C(CCC=O)N1Cc2c(OCCBr)cccc2C1=O. The Kier molecular flexibility index (Phi) is 6.15. The van der Waals surface area contributed by atoms with Crippen molar-refractivity contribution in [2.24, 2.45) is 0 Å². The lowest BCUT2D eigenvalue weighted by molar-refractivity contribution is -0.125. The van der Waals surface area contributed by atoms with Crippen molar-refractivity contribution in [1.82, 2.24) is 10.2 Å². The lowest BCUT2D eigenvalue weighted by Crippen LogP contribution is -2.46. The van der Waals surface area contributed by atoms with Crippen LogP contribution in [0.4, 0.5) is 0 Å². The minimum Gasteiger partial charge on any atom is -0.492 e. The molecule has 1 aromatic carbocycles. The summed E-state index contributed by atoms with van der Waals surface area (Å²) in [6, 6.07) is 4.66. The number of rotatable bonds is 8. The molecule has 2 amide bonds. The Bertz CT molecular complexity index is 606. The normalized spacial score (nSPS) is 14.3. The molecule has 0 radical (unpaired) electrons. The minimum absolute atomic E-state index is 0.205. The van der Waals surface area contributed by atoms with Crippen LogP contribution in [0.5, 0.6) is 5.75 Å². The molecule has 0 aromatic heterocycles. The summed E-state index contributed by atoms with van der Waals surface area (Å²) in [7, 11) is 1.52. The van der Waals surface area contributed by atoms with Crippen LogP contribution in [0.25, 0.3) is 0 Å². The fraction of sp³-hybridized carbons (Fsp3) is 0.438. The van der Waals surface area contributed by atoms with E-state index in [1.165, 1.54) is 11.9 Å². The number of hydrogen-bond acceptors (Lipinski definition) is 4. The maximum atomic E-state index is 12.6. The number of ether oxygens (including phenoxy) is 1. The Hall–Kier alpha value is -1.89. The third-order valence-electron chi connectivity index (χ3n) is 3.77. The van der Waals surface area contributed by atoms with E-state index in [0.717, 1.165) is 11.8 Å². The maximum absolute atomic E-state index is 12.6. The Labute approximate surface area is 143 Å². The molecular formula is C16H19BrN2O4. The highest BCUT2D eigenvalue weighted by Crippen LogP contribution is 2.33. The lowest BCUT2D eigenvalue weighted by atomic mass is 10.1. The number of carbonyl (C=O) groups excluding carboxylic acids is 3. The van der Waals surface area contributed by atoms with Gasteiger partial charge in [-0.3, -0.25) is 9.59 Å². The number of nitrogens with one attached hydrogen (secondary N) is 1. The molecule has 0 saturated carbocycles. The number of benzene rings is 1. The van der Waals surface area contributed by atoms with E-state index < -0.39 is 6.04 Å². The number of carbonyl (C=O) groups is 3. The van der Waals surface area contributed by atoms with Gasteiger partial charge >= 0.3 is 0 Å². The molecular weight excluding hydrogens is 364 g/mol. The molecule has 1 atom stereocenters. The van der Waals surface area contributed by atoms with Crippen molar-refractivity contribution in [2.45, 2.75) is 25.4 Å². The average Bonchev–Trinajstić information content (AvgIpc) is 2.90. The van der Waals surface area contributed by atoms with Gasteiger partial charge in [0.1, 0.15) is 18.1 Å². The van der Waals surface area contributed by atoms with Crippen molar-refractivity contribution in [2.75, 3.05) is 19.0 Å². The van der Waals surface area contributed by atoms with E-state index in [1.54, 1.807) is 12.1 Å². The van der Waals surface area contributed by atoms with Crippen LogP contribution < -0.4 is 10.1 Å². The van der Waals surface area contributed by atoms with E-state index in [2.05, 4.69) is 21.2 Å². The first-order valence-electron chi connectivity index (χ1n) is 7.40. The van der Waals surface area contributed by atoms with Gasteiger partial charge < -0.3 is 19.7 Å². The molecule has 1 N–H and O–H groups in total. The monoisotopic (exact) mass is 382 g/mol. The largest absolute Gasteiger partial charge is 0.492 e. The van der Waals surface area contributed by atoms with E-state index in [1.807, 2.05) is 6.07 Å². The van der Waals surface area contributed by atoms with Gasteiger partial charge in [-0.2, -0.15) is 0 Å². The molecule has 2 rings (SSSR count). The Morgan fingerprint density at radius 3 is 2.96 bits per heavy atom. The van der Waals surface area contributed by atoms with Crippen LogP contribution in [0.2, 0.25) is 0 Å². The predicted octanol–water partition coefficient (Wildman–Crippen LogP) is 1.51. The molecule has 7 heteroatoms. The number of alkyl halides is 1. The smallest absolute Gasteiger partial charge is 0.255 e. The van der Waals surface area contributed by atoms with Crippen LogP contribution in [0.15, 0.2) is 18.2 Å². The summed E-state index contributed by atoms with van der Waals surface area (Å²) in [5.41, 5.74) is 1.34. The van der Waals surface area contributed by atoms with Crippen molar-refractivity contribution >= 4 is 34.0 Å². The van der Waals surface area contributed by atoms with E-state index in [4.69, 9.17) is 4.74 Å². The number of likely N-dealkylation sites (N-methyl/N-ethyl adjacent to an activating group) is 1. The molecule has 0 fully saturated rings. The summed E-state index contributed by atoms with van der Waals surface area (Å²) in [6.07, 6.45) is 1.29. The summed E-state index contributed by atoms with van der Waals surface area (Å²) >= 11 is 3.30. The van der Waals surface area contributed by atoms with E-state index in [0.29, 0.717) is 36.2 Å². The topological polar surface area (TPSA) is 75.7 Å². The van der Waals surface area contributed by atoms with Crippen LogP contribution >= 0.6 is 15.9 Å². The maximum Gasteiger partial charge on any atom is 0.255 e. The highest BCUT2D eigenvalue weighted by atomic mass is 79.9. The van der Waals surface area contributed by atoms with Crippen molar-refractivity contribution < 1.29 is 19.1 Å². The van der Waals surface area contributed by atoms with Crippen molar-refractivity contribution in [1.29, 1.82) is 0 Å². The van der Waals surface area contributed by atoms with Crippen LogP contribution in [0, 0.1) is 0 Å². The van der Waals surface area contributed by atoms with Crippen molar-refractivity contribution in [3.8, 4) is 5.75 Å². The molecule has 1 unspecified atom stereocenters. The molecule has 1 heterocycles. The highest BCUT2D eigenvalue weighted by Gasteiger charge is 2.37. The summed E-state index contributed by atoms with van der Waals surface area (Å²) in [5, 5.41) is 3.25. The Balaban J connectivity index is 2.27. The predicted molar refractivity (Wildman–Crippen MR) is 88.8 cm³/mol. The summed E-state index contributed by atoms with van der Waals surface area (Å²) in [4.78, 5) is 36.9. The molecule has 0 spiro atoms. The zero-order valence-electron chi connectivity index (χ0n) is 12.9. The van der Waals surface area contributed by atoms with Crippen molar-refractivity contribution in [3.05, 3.63) is 29.3 Å². The molecule has 0 bridgehead atoms. The third kappa shape index (κ3) is 3.72. The number of hydrogen-bond donors (Lipinski definition) is 1. The molecule has 1 aromatic rings. The highest BCUT2D eigenvalue weighted by molar-refractivity contribution is 9.09. The van der Waals surface area contributed by atoms with Gasteiger partial charge in [0.05, 0.1) is 13.2 Å². The van der Waals surface area contributed by atoms with Gasteiger partial charge in [0, 0.05) is 29.9 Å². The summed E-state index contributed by atoms with van der Waals surface area (Å²) < 4.78 is 5.66. The van der Waals surface area contributed by atoms with Gasteiger partial charge in [0.25, 0.3) is 5.91 Å². The quantitative estimate of drug-likeness (QED) is 0.546. The van der Waals surface area contributed by atoms with Gasteiger partial charge in [0.2, 0.25) is 5.91 Å². The number of nitrogens with zero attached hydrogens (tertiary/aromatic N) is 1. The van der Waals surface area contributed by atoms with Crippen LogP contribution in [-0.4, -0.2) is 48.0 Å². The van der Waals surface area contributed by atoms with E-state index >= 15 is 0 Å². The zero-order chi connectivity index (χ0) is 16.8. The third-order valence-corrected chi connectivity index (χ3v) is 4.09. The molecule has 6 nitrogen and oxygen atoms in total. The summed E-state index contributed by atoms with van der Waals surface area (Å²) in [5.74, 6) is 0.184. The second-order valence-electron chi connectivity index (χ2n) is 5.13. The van der Waals surface area contributed by atoms with E-state index in [-0.39, 0.29) is 18.2 Å². The standard InChI is InChI=1S/C16H19BrN2O4/c1-18-15(21)13(5-3-8-20)19-10-12-11(16(19)22)4-2-6-14(12)23-9-7-17/h2,4,6,8,13H,3,5,7,9-10H2,1H3,(H,18,21). The van der Waals surface area contributed by atoms with Gasteiger partial charge in [0.15, 0.2) is 0 Å². The first-order valence-corrected chi connectivity index (χ1v) is 8.53. The first kappa shape index (κ1) is 17.5. The minimum atomic E-state index is -0.658. The number of halogens is 1. The van der Waals surface area contributed by atoms with Gasteiger partial charge in [-0.25, -0.2) is 0 Å². The molecule has 0 saturated heterocycles. The second kappa shape index (κ2) is 8.10. The van der Waals surface area contributed by atoms with Crippen molar-refractivity contribution in [3.63, 3.8) is 0 Å². The number of amides is 2. The fourth-order valence-electron chi connectivity index (χ4n) is 2.68. The molecule has 23 heavy (non-hydrogen) atoms. The second-order valence-corrected chi connectivity index (χ2v) is 5.92. The Morgan fingerprint density at radius 1 is 1.52 bits per heavy atom. The Morgan fingerprint density at radius 2 is 2.30 bits per heavy atom. The molecule has 0 aliphatic carbocycles. The average molecular weight is 383 g/mol. The number of aldehydes is 1. The van der Waals surface area contributed by atoms with Gasteiger partial charge in [-0.05, 0) is 18.6 Å². The van der Waals surface area contributed by atoms with Gasteiger partial charge in [-0.15, -0.1) is 0 Å².